The lowest BCUT2D eigenvalue weighted by atomic mass is 9.66. The molecule has 1 aliphatic rings. The van der Waals surface area contributed by atoms with E-state index in [0.29, 0.717) is 17.1 Å². The Kier molecular flexibility index (Phi) is 4.46. The van der Waals surface area contributed by atoms with E-state index in [2.05, 4.69) is 46.8 Å². The third-order valence-electron chi connectivity index (χ3n) is 4.91. The smallest absolute Gasteiger partial charge is 0.121 e. The fourth-order valence-electron chi connectivity index (χ4n) is 4.16. The molecule has 1 heteroatoms. The van der Waals surface area contributed by atoms with Crippen molar-refractivity contribution in [3.63, 3.8) is 0 Å². The van der Waals surface area contributed by atoms with Crippen LogP contribution in [0, 0.1) is 11.3 Å². The molecule has 1 N–H and O–H groups in total. The maximum atomic E-state index is 10.3. The molecule has 2 rings (SSSR count). The summed E-state index contributed by atoms with van der Waals surface area (Å²) in [5.74, 6) is 1.99. The Morgan fingerprint density at radius 3 is 2.10 bits per heavy atom. The number of phenolic OH excluding ortho intramolecular Hbond substituents is 1. The van der Waals surface area contributed by atoms with Crippen molar-refractivity contribution in [2.24, 2.45) is 11.3 Å². The van der Waals surface area contributed by atoms with Crippen molar-refractivity contribution < 1.29 is 5.11 Å². The molecule has 0 spiro atoms. The summed E-state index contributed by atoms with van der Waals surface area (Å²) in [6, 6.07) is 4.51. The molecule has 1 aromatic rings. The molecule has 0 radical (unpaired) electrons. The van der Waals surface area contributed by atoms with E-state index in [1.165, 1.54) is 24.8 Å². The van der Waals surface area contributed by atoms with Crippen LogP contribution < -0.4 is 0 Å². The molecule has 0 heterocycles. The largest absolute Gasteiger partial charge is 0.507 e. The van der Waals surface area contributed by atoms with Gasteiger partial charge < -0.3 is 5.11 Å². The maximum Gasteiger partial charge on any atom is 0.121 e. The zero-order valence-electron chi connectivity index (χ0n) is 13.8. The molecule has 0 aliphatic heterocycles. The fraction of sp³-hybridized carbons (Fsp3) is 0.684. The van der Waals surface area contributed by atoms with Gasteiger partial charge in [-0.3, -0.25) is 0 Å². The summed E-state index contributed by atoms with van der Waals surface area (Å²) in [5, 5.41) is 10.3. The van der Waals surface area contributed by atoms with Crippen molar-refractivity contribution in [3.05, 3.63) is 28.8 Å². The van der Waals surface area contributed by atoms with Gasteiger partial charge in [0.1, 0.15) is 5.75 Å². The zero-order chi connectivity index (χ0) is 14.9. The average molecular weight is 274 g/mol. The quantitative estimate of drug-likeness (QED) is 0.777. The van der Waals surface area contributed by atoms with Gasteiger partial charge in [-0.25, -0.2) is 0 Å². The summed E-state index contributed by atoms with van der Waals surface area (Å²) in [6.45, 7) is 11.4. The van der Waals surface area contributed by atoms with Crippen molar-refractivity contribution in [1.29, 1.82) is 0 Å². The van der Waals surface area contributed by atoms with Crippen LogP contribution in [0.25, 0.3) is 0 Å². The second-order valence-corrected chi connectivity index (χ2v) is 7.51. The number of hydrogen-bond acceptors (Lipinski definition) is 1. The Balaban J connectivity index is 2.37. The zero-order valence-corrected chi connectivity index (χ0v) is 13.8. The van der Waals surface area contributed by atoms with E-state index in [9.17, 15) is 5.11 Å². The topological polar surface area (TPSA) is 20.2 Å². The molecule has 1 saturated carbocycles. The molecule has 112 valence electrons. The molecule has 0 bridgehead atoms. The van der Waals surface area contributed by atoms with Crippen molar-refractivity contribution in [2.75, 3.05) is 0 Å². The molecule has 2 atom stereocenters. The number of phenols is 1. The van der Waals surface area contributed by atoms with Crippen molar-refractivity contribution in [2.45, 2.75) is 72.6 Å². The van der Waals surface area contributed by atoms with Crippen LogP contribution in [0.5, 0.6) is 5.75 Å². The van der Waals surface area contributed by atoms with Crippen LogP contribution in [-0.4, -0.2) is 5.11 Å². The molecule has 1 aromatic carbocycles. The van der Waals surface area contributed by atoms with E-state index < -0.39 is 0 Å². The first-order valence-electron chi connectivity index (χ1n) is 8.21. The van der Waals surface area contributed by atoms with E-state index >= 15 is 0 Å². The summed E-state index contributed by atoms with van der Waals surface area (Å²) in [6.07, 6.45) is 5.73. The summed E-state index contributed by atoms with van der Waals surface area (Å²) >= 11 is 0. The van der Waals surface area contributed by atoms with Crippen LogP contribution in [0.15, 0.2) is 12.1 Å². The predicted molar refractivity (Wildman–Crippen MR) is 86.4 cm³/mol. The van der Waals surface area contributed by atoms with Gasteiger partial charge in [-0.15, -0.1) is 0 Å². The molecule has 1 nitrogen and oxygen atoms in total. The van der Waals surface area contributed by atoms with E-state index in [1.54, 1.807) is 0 Å². The van der Waals surface area contributed by atoms with Gasteiger partial charge in [-0.1, -0.05) is 46.8 Å². The number of benzene rings is 1. The van der Waals surface area contributed by atoms with Crippen LogP contribution in [0.4, 0.5) is 0 Å². The van der Waals surface area contributed by atoms with Gasteiger partial charge in [0, 0.05) is 0 Å². The van der Waals surface area contributed by atoms with Gasteiger partial charge in [0.2, 0.25) is 0 Å². The molecule has 20 heavy (non-hydrogen) atoms. The van der Waals surface area contributed by atoms with Crippen LogP contribution in [0.3, 0.4) is 0 Å². The standard InChI is InChI=1S/C19H30O/c1-6-14-9-16(10-15(7-2)18(14)20)17-8-13(3)11-19(4,5)12-17/h9-10,13,17,20H,6-8,11-12H2,1-5H3. The first-order valence-corrected chi connectivity index (χ1v) is 8.21. The van der Waals surface area contributed by atoms with Crippen molar-refractivity contribution in [3.8, 4) is 5.75 Å². The second kappa shape index (κ2) is 5.79. The first-order chi connectivity index (χ1) is 9.36. The summed E-state index contributed by atoms with van der Waals surface area (Å²) in [7, 11) is 0. The molecule has 2 unspecified atom stereocenters. The highest BCUT2D eigenvalue weighted by Crippen LogP contribution is 2.46. The van der Waals surface area contributed by atoms with E-state index in [4.69, 9.17) is 0 Å². The SMILES string of the molecule is CCc1cc(C2CC(C)CC(C)(C)C2)cc(CC)c1O. The van der Waals surface area contributed by atoms with Crippen molar-refractivity contribution in [1.82, 2.24) is 0 Å². The number of aromatic hydroxyl groups is 1. The minimum Gasteiger partial charge on any atom is -0.507 e. The Labute approximate surface area is 124 Å². The van der Waals surface area contributed by atoms with Crippen LogP contribution in [0.1, 0.15) is 76.5 Å². The lowest BCUT2D eigenvalue weighted by Gasteiger charge is -2.39. The summed E-state index contributed by atoms with van der Waals surface area (Å²) in [4.78, 5) is 0. The maximum absolute atomic E-state index is 10.3. The lowest BCUT2D eigenvalue weighted by Crippen LogP contribution is -2.26. The monoisotopic (exact) mass is 274 g/mol. The number of aryl methyl sites for hydroxylation is 2. The second-order valence-electron chi connectivity index (χ2n) is 7.51. The summed E-state index contributed by atoms with van der Waals surface area (Å²) in [5.41, 5.74) is 4.14. The third kappa shape index (κ3) is 3.19. The molecular formula is C19H30O. The minimum absolute atomic E-state index is 0.443. The Morgan fingerprint density at radius 1 is 1.10 bits per heavy atom. The van der Waals surface area contributed by atoms with E-state index in [0.717, 1.165) is 29.9 Å². The normalized spacial score (nSPS) is 25.6. The molecular weight excluding hydrogens is 244 g/mol. The van der Waals surface area contributed by atoms with Crippen molar-refractivity contribution >= 4 is 0 Å². The highest BCUT2D eigenvalue weighted by atomic mass is 16.3. The number of rotatable bonds is 3. The molecule has 0 aromatic heterocycles. The molecule has 1 aliphatic carbocycles. The molecule has 0 saturated heterocycles. The molecule has 1 fully saturated rings. The highest BCUT2D eigenvalue weighted by molar-refractivity contribution is 5.45. The molecule has 0 amide bonds. The third-order valence-corrected chi connectivity index (χ3v) is 4.91. The lowest BCUT2D eigenvalue weighted by molar-refractivity contribution is 0.168. The minimum atomic E-state index is 0.443. The highest BCUT2D eigenvalue weighted by Gasteiger charge is 2.33. The van der Waals surface area contributed by atoms with E-state index in [-0.39, 0.29) is 0 Å². The Hall–Kier alpha value is -0.980. The van der Waals surface area contributed by atoms with E-state index in [1.807, 2.05) is 0 Å². The Morgan fingerprint density at radius 2 is 1.65 bits per heavy atom. The van der Waals surface area contributed by atoms with Gasteiger partial charge >= 0.3 is 0 Å². The average Bonchev–Trinajstić information content (AvgIpc) is 2.36. The summed E-state index contributed by atoms with van der Waals surface area (Å²) < 4.78 is 0. The predicted octanol–water partition coefficient (Wildman–Crippen LogP) is 5.45. The van der Waals surface area contributed by atoms with Gasteiger partial charge in [0.15, 0.2) is 0 Å². The van der Waals surface area contributed by atoms with Gasteiger partial charge in [0.25, 0.3) is 0 Å². The Bertz CT molecular complexity index is 448. The van der Waals surface area contributed by atoms with Crippen LogP contribution in [0.2, 0.25) is 0 Å². The van der Waals surface area contributed by atoms with Gasteiger partial charge in [0.05, 0.1) is 0 Å². The van der Waals surface area contributed by atoms with Gasteiger partial charge in [-0.2, -0.15) is 0 Å². The first kappa shape index (κ1) is 15.4. The number of hydrogen-bond donors (Lipinski definition) is 1. The fourth-order valence-corrected chi connectivity index (χ4v) is 4.16. The van der Waals surface area contributed by atoms with Gasteiger partial charge in [-0.05, 0) is 66.0 Å². The van der Waals surface area contributed by atoms with Crippen LogP contribution in [-0.2, 0) is 12.8 Å². The van der Waals surface area contributed by atoms with Crippen LogP contribution >= 0.6 is 0 Å².